The molecule has 15 heavy (non-hydrogen) atoms. The minimum absolute atomic E-state index is 0.218. The Hall–Kier alpha value is -0.540. The van der Waals surface area contributed by atoms with Crippen molar-refractivity contribution in [2.45, 2.75) is 44.0 Å². The highest BCUT2D eigenvalue weighted by Crippen LogP contribution is 2.32. The number of thioether (sulfide) groups is 1. The maximum Gasteiger partial charge on any atom is 0.101 e. The van der Waals surface area contributed by atoms with E-state index in [0.717, 1.165) is 18.1 Å². The second-order valence-corrected chi connectivity index (χ2v) is 6.28. The molecule has 1 aromatic rings. The van der Waals surface area contributed by atoms with Gasteiger partial charge >= 0.3 is 0 Å². The van der Waals surface area contributed by atoms with Crippen LogP contribution in [0.3, 0.4) is 0 Å². The molecule has 0 spiro atoms. The van der Waals surface area contributed by atoms with Gasteiger partial charge in [0, 0.05) is 17.5 Å². The minimum atomic E-state index is 0.218. The molecule has 0 amide bonds. The predicted octanol–water partition coefficient (Wildman–Crippen LogP) is 3.08. The quantitative estimate of drug-likeness (QED) is 0.796. The van der Waals surface area contributed by atoms with Crippen LogP contribution in [-0.4, -0.2) is 16.3 Å². The first-order chi connectivity index (χ1) is 7.03. The molecule has 1 N–H and O–H groups in total. The maximum absolute atomic E-state index is 4.44. The smallest absolute Gasteiger partial charge is 0.101 e. The summed E-state index contributed by atoms with van der Waals surface area (Å²) in [6, 6.07) is 4.14. The Balaban J connectivity index is 2.77. The molecule has 0 aromatic carbocycles. The van der Waals surface area contributed by atoms with Gasteiger partial charge < -0.3 is 5.32 Å². The van der Waals surface area contributed by atoms with E-state index in [-0.39, 0.29) is 4.75 Å². The Morgan fingerprint density at radius 3 is 2.73 bits per heavy atom. The molecule has 0 aliphatic carbocycles. The average Bonchev–Trinajstić information content (AvgIpc) is 2.14. The fraction of sp³-hybridized carbons (Fsp3) is 0.583. The third kappa shape index (κ3) is 4.67. The molecule has 0 fully saturated rings. The highest BCUT2D eigenvalue weighted by Gasteiger charge is 2.15. The van der Waals surface area contributed by atoms with Gasteiger partial charge in [0.1, 0.15) is 5.03 Å². The van der Waals surface area contributed by atoms with Crippen molar-refractivity contribution in [3.63, 3.8) is 0 Å². The molecule has 0 bridgehead atoms. The molecule has 1 rings (SSSR count). The third-order valence-electron chi connectivity index (χ3n) is 1.82. The van der Waals surface area contributed by atoms with E-state index in [4.69, 9.17) is 0 Å². The van der Waals surface area contributed by atoms with Gasteiger partial charge in [0.2, 0.25) is 0 Å². The molecular formula is C12H20N2S. The van der Waals surface area contributed by atoms with Crippen LogP contribution in [0.4, 0.5) is 0 Å². The van der Waals surface area contributed by atoms with Crippen molar-refractivity contribution in [2.24, 2.45) is 0 Å². The zero-order valence-corrected chi connectivity index (χ0v) is 10.8. The van der Waals surface area contributed by atoms with Crippen LogP contribution in [0.1, 0.15) is 33.3 Å². The molecule has 2 nitrogen and oxygen atoms in total. The molecule has 0 saturated carbocycles. The predicted molar refractivity (Wildman–Crippen MR) is 67.2 cm³/mol. The number of nitrogens with zero attached hydrogens (tertiary/aromatic N) is 1. The van der Waals surface area contributed by atoms with E-state index >= 15 is 0 Å². The number of pyridine rings is 1. The fourth-order valence-electron chi connectivity index (χ4n) is 1.20. The summed E-state index contributed by atoms with van der Waals surface area (Å²) in [4.78, 5) is 4.44. The molecule has 0 radical (unpaired) electrons. The molecule has 3 heteroatoms. The lowest BCUT2D eigenvalue weighted by Gasteiger charge is -2.18. The maximum atomic E-state index is 4.44. The topological polar surface area (TPSA) is 24.9 Å². The molecule has 0 aliphatic rings. The summed E-state index contributed by atoms with van der Waals surface area (Å²) < 4.78 is 0.218. The molecule has 0 saturated heterocycles. The Morgan fingerprint density at radius 1 is 1.40 bits per heavy atom. The molecule has 1 heterocycles. The van der Waals surface area contributed by atoms with E-state index in [1.54, 1.807) is 0 Å². The third-order valence-corrected chi connectivity index (χ3v) is 2.99. The Kier molecular flexibility index (Phi) is 4.61. The van der Waals surface area contributed by atoms with Crippen LogP contribution in [0.5, 0.6) is 0 Å². The monoisotopic (exact) mass is 224 g/mol. The summed E-state index contributed by atoms with van der Waals surface area (Å²) >= 11 is 1.83. The van der Waals surface area contributed by atoms with Crippen LogP contribution in [0.2, 0.25) is 0 Å². The van der Waals surface area contributed by atoms with Crippen molar-refractivity contribution in [3.05, 3.63) is 23.9 Å². The second-order valence-electron chi connectivity index (χ2n) is 4.46. The van der Waals surface area contributed by atoms with Crippen LogP contribution < -0.4 is 5.32 Å². The van der Waals surface area contributed by atoms with Crippen molar-refractivity contribution in [1.82, 2.24) is 10.3 Å². The van der Waals surface area contributed by atoms with Gasteiger partial charge in [0.05, 0.1) is 0 Å². The number of aromatic nitrogens is 1. The number of rotatable bonds is 4. The van der Waals surface area contributed by atoms with Crippen LogP contribution >= 0.6 is 11.8 Å². The van der Waals surface area contributed by atoms with Crippen molar-refractivity contribution in [2.75, 3.05) is 6.54 Å². The van der Waals surface area contributed by atoms with Crippen LogP contribution in [0.15, 0.2) is 23.4 Å². The fourth-order valence-corrected chi connectivity index (χ4v) is 2.17. The van der Waals surface area contributed by atoms with Gasteiger partial charge in [-0.1, -0.05) is 33.8 Å². The Bertz CT molecular complexity index is 305. The first-order valence-corrected chi connectivity index (χ1v) is 6.18. The molecular weight excluding hydrogens is 204 g/mol. The second kappa shape index (κ2) is 5.52. The van der Waals surface area contributed by atoms with Gasteiger partial charge in [0.25, 0.3) is 0 Å². The SMILES string of the molecule is CCNCc1cccnc1SC(C)(C)C. The Morgan fingerprint density at radius 2 is 2.13 bits per heavy atom. The van der Waals surface area contributed by atoms with Crippen molar-refractivity contribution >= 4 is 11.8 Å². The summed E-state index contributed by atoms with van der Waals surface area (Å²) in [5.74, 6) is 0. The zero-order chi connectivity index (χ0) is 11.3. The van der Waals surface area contributed by atoms with Crippen LogP contribution in [0.25, 0.3) is 0 Å². The van der Waals surface area contributed by atoms with Crippen molar-refractivity contribution in [1.29, 1.82) is 0 Å². The summed E-state index contributed by atoms with van der Waals surface area (Å²) in [6.07, 6.45) is 1.86. The van der Waals surface area contributed by atoms with E-state index in [1.165, 1.54) is 5.56 Å². The first-order valence-electron chi connectivity index (χ1n) is 5.36. The summed E-state index contributed by atoms with van der Waals surface area (Å²) in [7, 11) is 0. The highest BCUT2D eigenvalue weighted by atomic mass is 32.2. The zero-order valence-electron chi connectivity index (χ0n) is 10.0. The van der Waals surface area contributed by atoms with Crippen molar-refractivity contribution in [3.8, 4) is 0 Å². The molecule has 0 aliphatic heterocycles. The van der Waals surface area contributed by atoms with Gasteiger partial charge in [-0.05, 0) is 18.2 Å². The van der Waals surface area contributed by atoms with Gasteiger partial charge in [-0.15, -0.1) is 11.8 Å². The summed E-state index contributed by atoms with van der Waals surface area (Å²) in [5.41, 5.74) is 1.29. The van der Waals surface area contributed by atoms with Gasteiger partial charge in [-0.2, -0.15) is 0 Å². The van der Waals surface area contributed by atoms with E-state index in [2.05, 4.69) is 44.1 Å². The molecule has 84 valence electrons. The lowest BCUT2D eigenvalue weighted by atomic mass is 10.2. The van der Waals surface area contributed by atoms with E-state index < -0.39 is 0 Å². The van der Waals surface area contributed by atoms with E-state index in [1.807, 2.05) is 24.0 Å². The lowest BCUT2D eigenvalue weighted by molar-refractivity contribution is 0.708. The number of hydrogen-bond donors (Lipinski definition) is 1. The van der Waals surface area contributed by atoms with Gasteiger partial charge in [-0.25, -0.2) is 4.98 Å². The molecule has 1 aromatic heterocycles. The average molecular weight is 224 g/mol. The minimum Gasteiger partial charge on any atom is -0.313 e. The number of nitrogens with one attached hydrogen (secondary N) is 1. The van der Waals surface area contributed by atoms with Crippen LogP contribution in [-0.2, 0) is 6.54 Å². The molecule has 0 atom stereocenters. The van der Waals surface area contributed by atoms with E-state index in [9.17, 15) is 0 Å². The normalized spacial score (nSPS) is 11.7. The van der Waals surface area contributed by atoms with Crippen molar-refractivity contribution < 1.29 is 0 Å². The van der Waals surface area contributed by atoms with E-state index in [0.29, 0.717) is 0 Å². The standard InChI is InChI=1S/C12H20N2S/c1-5-13-9-10-7-6-8-14-11(10)15-12(2,3)4/h6-8,13H,5,9H2,1-4H3. The first kappa shape index (κ1) is 12.5. The Labute approximate surface area is 96.9 Å². The van der Waals surface area contributed by atoms with Gasteiger partial charge in [-0.3, -0.25) is 0 Å². The number of hydrogen-bond acceptors (Lipinski definition) is 3. The lowest BCUT2D eigenvalue weighted by Crippen LogP contribution is -2.14. The largest absolute Gasteiger partial charge is 0.313 e. The summed E-state index contributed by atoms with van der Waals surface area (Å²) in [5, 5.41) is 4.48. The van der Waals surface area contributed by atoms with Gasteiger partial charge in [0.15, 0.2) is 0 Å². The summed E-state index contributed by atoms with van der Waals surface area (Å²) in [6.45, 7) is 10.7. The highest BCUT2D eigenvalue weighted by molar-refractivity contribution is 8.00. The van der Waals surface area contributed by atoms with Crippen LogP contribution in [0, 0.1) is 0 Å². The molecule has 0 unspecified atom stereocenters.